The number of rotatable bonds is 5. The Morgan fingerprint density at radius 2 is 2.08 bits per heavy atom. The minimum atomic E-state index is 0.114. The van der Waals surface area contributed by atoms with Crippen LogP contribution in [-0.4, -0.2) is 22.8 Å². The SMILES string of the molecule is COc1ccc(NC(N)=NCc2ccnc(SC(C)(C)C)c2)cc1Cl. The first-order valence-electron chi connectivity index (χ1n) is 7.81. The lowest BCUT2D eigenvalue weighted by molar-refractivity contribution is 0.415. The highest BCUT2D eigenvalue weighted by molar-refractivity contribution is 8.00. The zero-order valence-electron chi connectivity index (χ0n) is 14.8. The number of halogens is 1. The fraction of sp³-hybridized carbons (Fsp3) is 0.333. The fourth-order valence-corrected chi connectivity index (χ4v) is 3.24. The molecule has 2 rings (SSSR count). The van der Waals surface area contributed by atoms with Crippen LogP contribution >= 0.6 is 23.4 Å². The van der Waals surface area contributed by atoms with Crippen molar-refractivity contribution in [3.63, 3.8) is 0 Å². The lowest BCUT2D eigenvalue weighted by Crippen LogP contribution is -2.22. The molecule has 3 N–H and O–H groups in total. The predicted molar refractivity (Wildman–Crippen MR) is 107 cm³/mol. The Kier molecular flexibility index (Phi) is 6.56. The highest BCUT2D eigenvalue weighted by Crippen LogP contribution is 2.30. The summed E-state index contributed by atoms with van der Waals surface area (Å²) in [4.78, 5) is 8.76. The molecule has 0 bridgehead atoms. The molecular weight excluding hydrogens is 356 g/mol. The number of nitrogens with one attached hydrogen (secondary N) is 1. The quantitative estimate of drug-likeness (QED) is 0.453. The molecule has 0 saturated heterocycles. The second-order valence-electron chi connectivity index (χ2n) is 6.39. The summed E-state index contributed by atoms with van der Waals surface area (Å²) < 4.78 is 5.24. The molecule has 0 amide bonds. The summed E-state index contributed by atoms with van der Waals surface area (Å²) in [6.45, 7) is 6.95. The summed E-state index contributed by atoms with van der Waals surface area (Å²) in [5.41, 5.74) is 7.77. The van der Waals surface area contributed by atoms with Crippen LogP contribution in [0.4, 0.5) is 5.69 Å². The maximum absolute atomic E-state index is 6.10. The van der Waals surface area contributed by atoms with Gasteiger partial charge in [0.15, 0.2) is 5.96 Å². The maximum atomic E-state index is 6.10. The standard InChI is InChI=1S/C18H23ClN4OS/c1-18(2,3)25-16-9-12(7-8-21-16)11-22-17(20)23-13-5-6-15(24-4)14(19)10-13/h5-10H,11H2,1-4H3,(H3,20,22,23). The molecule has 0 unspecified atom stereocenters. The molecule has 1 aromatic heterocycles. The third-order valence-corrected chi connectivity index (χ3v) is 4.41. The average molecular weight is 379 g/mol. The van der Waals surface area contributed by atoms with Gasteiger partial charge in [-0.15, -0.1) is 11.8 Å². The van der Waals surface area contributed by atoms with Crippen LogP contribution in [0.2, 0.25) is 5.02 Å². The number of hydrogen-bond donors (Lipinski definition) is 2. The Morgan fingerprint density at radius 1 is 1.32 bits per heavy atom. The van der Waals surface area contributed by atoms with Crippen molar-refractivity contribution in [2.75, 3.05) is 12.4 Å². The summed E-state index contributed by atoms with van der Waals surface area (Å²) >= 11 is 7.82. The van der Waals surface area contributed by atoms with Crippen molar-refractivity contribution in [2.45, 2.75) is 37.1 Å². The average Bonchev–Trinajstić information content (AvgIpc) is 2.52. The van der Waals surface area contributed by atoms with Gasteiger partial charge < -0.3 is 15.8 Å². The highest BCUT2D eigenvalue weighted by atomic mass is 35.5. The number of aromatic nitrogens is 1. The van der Waals surface area contributed by atoms with E-state index in [4.69, 9.17) is 22.1 Å². The van der Waals surface area contributed by atoms with Gasteiger partial charge in [-0.1, -0.05) is 32.4 Å². The van der Waals surface area contributed by atoms with Crippen molar-refractivity contribution in [3.05, 3.63) is 47.1 Å². The van der Waals surface area contributed by atoms with Crippen molar-refractivity contribution in [1.29, 1.82) is 0 Å². The van der Waals surface area contributed by atoms with Crippen molar-refractivity contribution in [1.82, 2.24) is 4.98 Å². The Hall–Kier alpha value is -1.92. The summed E-state index contributed by atoms with van der Waals surface area (Å²) in [5, 5.41) is 4.52. The number of aliphatic imine (C=N–C) groups is 1. The maximum Gasteiger partial charge on any atom is 0.193 e. The highest BCUT2D eigenvalue weighted by Gasteiger charge is 2.13. The number of pyridine rings is 1. The van der Waals surface area contributed by atoms with Crippen LogP contribution < -0.4 is 15.8 Å². The van der Waals surface area contributed by atoms with E-state index in [9.17, 15) is 0 Å². The molecule has 0 spiro atoms. The van der Waals surface area contributed by atoms with E-state index < -0.39 is 0 Å². The molecule has 0 aliphatic rings. The number of nitrogens with two attached hydrogens (primary N) is 1. The second-order valence-corrected chi connectivity index (χ2v) is 8.65. The van der Waals surface area contributed by atoms with Gasteiger partial charge in [0, 0.05) is 16.6 Å². The van der Waals surface area contributed by atoms with Gasteiger partial charge in [0.1, 0.15) is 5.75 Å². The van der Waals surface area contributed by atoms with E-state index in [0.717, 1.165) is 16.3 Å². The number of guanidine groups is 1. The van der Waals surface area contributed by atoms with Crippen molar-refractivity contribution in [3.8, 4) is 5.75 Å². The van der Waals surface area contributed by atoms with Crippen molar-refractivity contribution < 1.29 is 4.74 Å². The molecule has 0 saturated carbocycles. The van der Waals surface area contributed by atoms with Gasteiger partial charge in [-0.3, -0.25) is 0 Å². The Morgan fingerprint density at radius 3 is 2.72 bits per heavy atom. The first-order valence-corrected chi connectivity index (χ1v) is 9.01. The van der Waals surface area contributed by atoms with E-state index >= 15 is 0 Å². The van der Waals surface area contributed by atoms with Gasteiger partial charge in [0.05, 0.1) is 23.7 Å². The van der Waals surface area contributed by atoms with E-state index in [2.05, 4.69) is 36.1 Å². The number of benzene rings is 1. The number of anilines is 1. The lowest BCUT2D eigenvalue weighted by atomic mass is 10.3. The Bertz CT molecular complexity index is 759. The number of methoxy groups -OCH3 is 1. The van der Waals surface area contributed by atoms with Gasteiger partial charge in [-0.2, -0.15) is 0 Å². The molecule has 5 nitrogen and oxygen atoms in total. The third kappa shape index (κ3) is 6.48. The van der Waals surface area contributed by atoms with Crippen LogP contribution in [0.25, 0.3) is 0 Å². The number of thioether (sulfide) groups is 1. The Balaban J connectivity index is 2.01. The molecule has 2 aromatic rings. The predicted octanol–water partition coefficient (Wildman–Crippen LogP) is 4.56. The molecule has 0 aliphatic heterocycles. The third-order valence-electron chi connectivity index (χ3n) is 3.07. The topological polar surface area (TPSA) is 72.5 Å². The molecule has 0 radical (unpaired) electrons. The first kappa shape index (κ1) is 19.4. The van der Waals surface area contributed by atoms with Gasteiger partial charge in [-0.05, 0) is 35.9 Å². The molecule has 0 aliphatic carbocycles. The molecule has 1 heterocycles. The van der Waals surface area contributed by atoms with E-state index in [-0.39, 0.29) is 4.75 Å². The minimum Gasteiger partial charge on any atom is -0.495 e. The molecular formula is C18H23ClN4OS. The largest absolute Gasteiger partial charge is 0.495 e. The van der Waals surface area contributed by atoms with Crippen LogP contribution in [0, 0.1) is 0 Å². The minimum absolute atomic E-state index is 0.114. The summed E-state index contributed by atoms with van der Waals surface area (Å²) in [6, 6.07) is 9.33. The Labute approximate surface area is 158 Å². The van der Waals surface area contributed by atoms with Crippen molar-refractivity contribution in [2.24, 2.45) is 10.7 Å². The van der Waals surface area contributed by atoms with E-state index in [1.165, 1.54) is 0 Å². The molecule has 134 valence electrons. The van der Waals surface area contributed by atoms with Crippen molar-refractivity contribution >= 4 is 35.0 Å². The number of nitrogens with zero attached hydrogens (tertiary/aromatic N) is 2. The van der Waals surface area contributed by atoms with Crippen LogP contribution in [-0.2, 0) is 6.54 Å². The summed E-state index contributed by atoms with van der Waals surface area (Å²) in [6.07, 6.45) is 1.80. The van der Waals surface area contributed by atoms with Crippen LogP contribution in [0.5, 0.6) is 5.75 Å². The van der Waals surface area contributed by atoms with Gasteiger partial charge >= 0.3 is 0 Å². The van der Waals surface area contributed by atoms with Gasteiger partial charge in [0.2, 0.25) is 0 Å². The second kappa shape index (κ2) is 8.45. The van der Waals surface area contributed by atoms with Crippen LogP contribution in [0.1, 0.15) is 26.3 Å². The summed E-state index contributed by atoms with van der Waals surface area (Å²) in [5.74, 6) is 0.937. The number of hydrogen-bond acceptors (Lipinski definition) is 4. The molecule has 7 heteroatoms. The van der Waals surface area contributed by atoms with Crippen LogP contribution in [0.15, 0.2) is 46.5 Å². The lowest BCUT2D eigenvalue weighted by Gasteiger charge is -2.16. The van der Waals surface area contributed by atoms with Gasteiger partial charge in [-0.25, -0.2) is 9.98 Å². The molecule has 25 heavy (non-hydrogen) atoms. The van der Waals surface area contributed by atoms with Gasteiger partial charge in [0.25, 0.3) is 0 Å². The number of ether oxygens (including phenoxy) is 1. The van der Waals surface area contributed by atoms with Crippen LogP contribution in [0.3, 0.4) is 0 Å². The summed E-state index contributed by atoms with van der Waals surface area (Å²) in [7, 11) is 1.57. The van der Waals surface area contributed by atoms with E-state index in [1.807, 2.05) is 18.2 Å². The zero-order chi connectivity index (χ0) is 18.4. The molecule has 0 fully saturated rings. The normalized spacial score (nSPS) is 12.1. The fourth-order valence-electron chi connectivity index (χ4n) is 2.03. The smallest absolute Gasteiger partial charge is 0.193 e. The van der Waals surface area contributed by atoms with E-state index in [1.54, 1.807) is 37.2 Å². The molecule has 1 aromatic carbocycles. The first-order chi connectivity index (χ1) is 11.8. The molecule has 0 atom stereocenters. The van der Waals surface area contributed by atoms with E-state index in [0.29, 0.717) is 23.3 Å². The monoisotopic (exact) mass is 378 g/mol. The zero-order valence-corrected chi connectivity index (χ0v) is 16.4.